The molecule has 1 amide bonds. The first-order valence-electron chi connectivity index (χ1n) is 21.5. The largest absolute Gasteiger partial charge is 0.497 e. The van der Waals surface area contributed by atoms with E-state index in [1.165, 1.54) is 42.5 Å². The second kappa shape index (κ2) is 21.0. The maximum atomic E-state index is 16.1. The lowest BCUT2D eigenvalue weighted by Gasteiger charge is -2.34. The molecule has 5 N–H and O–H groups in total. The van der Waals surface area contributed by atoms with Gasteiger partial charge in [-0.25, -0.2) is 31.3 Å². The van der Waals surface area contributed by atoms with Gasteiger partial charge in [0.25, 0.3) is 0 Å². The van der Waals surface area contributed by atoms with Gasteiger partial charge >= 0.3 is 6.09 Å². The molecule has 69 heavy (non-hydrogen) atoms. The van der Waals surface area contributed by atoms with Gasteiger partial charge in [-0.1, -0.05) is 54.6 Å². The van der Waals surface area contributed by atoms with Gasteiger partial charge in [0.05, 0.1) is 56.3 Å². The fourth-order valence-corrected chi connectivity index (χ4v) is 11.9. The van der Waals surface area contributed by atoms with Gasteiger partial charge in [-0.15, -0.1) is 21.5 Å². The van der Waals surface area contributed by atoms with Crippen LogP contribution >= 0.6 is 11.3 Å². The zero-order chi connectivity index (χ0) is 49.7. The van der Waals surface area contributed by atoms with Crippen molar-refractivity contribution in [3.05, 3.63) is 125 Å². The summed E-state index contributed by atoms with van der Waals surface area (Å²) in [5.74, 6) is 1.47. The number of carbonyl (C=O) groups is 1. The molecule has 0 fully saturated rings. The van der Waals surface area contributed by atoms with Crippen LogP contribution in [0.2, 0.25) is 0 Å². The topological polar surface area (TPSA) is 255 Å². The summed E-state index contributed by atoms with van der Waals surface area (Å²) in [5, 5.41) is 35.1. The Morgan fingerprint density at radius 2 is 1.38 bits per heavy atom. The average Bonchev–Trinajstić information content (AvgIpc) is 3.99. The second-order valence-electron chi connectivity index (χ2n) is 16.8. The number of hydrogen-bond donors (Lipinski definition) is 4. The predicted molar refractivity (Wildman–Crippen MR) is 260 cm³/mol. The molecule has 2 aromatic heterocycles. The Balaban J connectivity index is 1.48. The van der Waals surface area contributed by atoms with Gasteiger partial charge < -0.3 is 35.1 Å². The van der Waals surface area contributed by atoms with Crippen molar-refractivity contribution in [2.45, 2.75) is 68.4 Å². The molecule has 0 aliphatic heterocycles. The molecular formula is C47H53N9O10S3. The molecule has 2 heterocycles. The van der Waals surface area contributed by atoms with E-state index in [1.54, 1.807) is 101 Å². The Labute approximate surface area is 404 Å². The van der Waals surface area contributed by atoms with Crippen LogP contribution in [0.5, 0.6) is 17.2 Å². The number of rotatable bonds is 20. The van der Waals surface area contributed by atoms with Gasteiger partial charge in [-0.2, -0.15) is 9.10 Å². The minimum absolute atomic E-state index is 0.0936. The summed E-state index contributed by atoms with van der Waals surface area (Å²) in [6, 6.07) is 28.7. The highest BCUT2D eigenvalue weighted by molar-refractivity contribution is 7.92. The zero-order valence-electron chi connectivity index (χ0n) is 38.7. The van der Waals surface area contributed by atoms with E-state index in [0.29, 0.717) is 44.5 Å². The summed E-state index contributed by atoms with van der Waals surface area (Å²) in [5.41, 5.74) is 7.87. The van der Waals surface area contributed by atoms with Crippen molar-refractivity contribution in [1.29, 1.82) is 0 Å². The molecule has 0 saturated heterocycles. The van der Waals surface area contributed by atoms with E-state index in [1.807, 2.05) is 18.2 Å². The number of ether oxygens (including phenoxy) is 3. The Bertz CT molecular complexity index is 3090. The molecule has 7 aromatic rings. The number of nitrogens with two attached hydrogens (primary N) is 1. The van der Waals surface area contributed by atoms with Crippen LogP contribution < -0.4 is 24.7 Å². The molecule has 1 atom stereocenters. The van der Waals surface area contributed by atoms with Crippen LogP contribution in [0.1, 0.15) is 42.5 Å². The molecule has 0 unspecified atom stereocenters. The van der Waals surface area contributed by atoms with Crippen molar-refractivity contribution in [1.82, 2.24) is 39.1 Å². The van der Waals surface area contributed by atoms with Crippen molar-refractivity contribution < 1.29 is 46.1 Å². The third-order valence-corrected chi connectivity index (χ3v) is 15.6. The maximum absolute atomic E-state index is 16.1. The third-order valence-electron chi connectivity index (χ3n) is 11.1. The second-order valence-corrected chi connectivity index (χ2v) is 21.5. The summed E-state index contributed by atoms with van der Waals surface area (Å²) in [6.45, 7) is 3.48. The van der Waals surface area contributed by atoms with Gasteiger partial charge in [0.2, 0.25) is 25.9 Å². The molecule has 0 bridgehead atoms. The number of aliphatic hydroxyl groups excluding tert-OH is 1. The number of nitrogens with zero attached hydrogens (tertiary/aromatic N) is 7. The van der Waals surface area contributed by atoms with Crippen LogP contribution in [-0.4, -0.2) is 114 Å². The highest BCUT2D eigenvalue weighted by Crippen LogP contribution is 2.44. The molecule has 364 valence electrons. The lowest BCUT2D eigenvalue weighted by Crippen LogP contribution is -2.50. The first kappa shape index (κ1) is 50.3. The number of para-hydroxylation sites is 1. The van der Waals surface area contributed by atoms with E-state index in [9.17, 15) is 23.4 Å². The molecule has 0 saturated carbocycles. The Kier molecular flexibility index (Phi) is 15.3. The van der Waals surface area contributed by atoms with Gasteiger partial charge in [0.15, 0.2) is 0 Å². The van der Waals surface area contributed by atoms with Crippen molar-refractivity contribution >= 4 is 47.7 Å². The van der Waals surface area contributed by atoms with Crippen molar-refractivity contribution in [3.63, 3.8) is 0 Å². The molecule has 22 heteroatoms. The molecular weight excluding hydrogens is 947 g/mol. The molecule has 0 aliphatic carbocycles. The summed E-state index contributed by atoms with van der Waals surface area (Å²) in [7, 11) is -5.36. The van der Waals surface area contributed by atoms with Gasteiger partial charge in [-0.05, 0) is 96.8 Å². The number of fused-ring (bicyclic) bond motifs is 1. The van der Waals surface area contributed by atoms with E-state index in [4.69, 9.17) is 30.0 Å². The van der Waals surface area contributed by atoms with Crippen molar-refractivity contribution in [2.75, 3.05) is 34.4 Å². The first-order valence-corrected chi connectivity index (χ1v) is 25.2. The number of amides is 1. The molecule has 0 radical (unpaired) electrons. The van der Waals surface area contributed by atoms with Crippen LogP contribution in [0.15, 0.2) is 113 Å². The van der Waals surface area contributed by atoms with E-state index in [2.05, 4.69) is 15.0 Å². The average molecular weight is 1000 g/mol. The molecule has 7 rings (SSSR count). The summed E-state index contributed by atoms with van der Waals surface area (Å²) in [6.07, 6.45) is -2.87. The minimum atomic E-state index is -5.02. The number of thiazole rings is 1. The van der Waals surface area contributed by atoms with Gasteiger partial charge in [0.1, 0.15) is 32.0 Å². The van der Waals surface area contributed by atoms with Crippen molar-refractivity contribution in [2.24, 2.45) is 5.73 Å². The Hall–Kier alpha value is -6.53. The molecule has 0 spiro atoms. The molecule has 5 aromatic carbocycles. The SMILES string of the molecule is COc1ccc(CN(Cc2ccc(OC)cc2)S(=O)(=O)c2c(S(=O)(=O)NC[C@@H](O)CN(C(=O)O)C(C)(C)C)ccc(-c3cccc4sc(CN)nc34)c2-c2nnn(Cc3ccc(OC)cc3)n2)cc1. The van der Waals surface area contributed by atoms with Crippen molar-refractivity contribution in [3.8, 4) is 39.8 Å². The smallest absolute Gasteiger partial charge is 0.407 e. The highest BCUT2D eigenvalue weighted by Gasteiger charge is 2.39. The van der Waals surface area contributed by atoms with E-state index in [0.717, 1.165) is 19.5 Å². The number of nitrogens with one attached hydrogen (secondary N) is 1. The van der Waals surface area contributed by atoms with E-state index in [-0.39, 0.29) is 43.1 Å². The Morgan fingerprint density at radius 3 is 1.90 bits per heavy atom. The number of methoxy groups -OCH3 is 3. The normalized spacial score (nSPS) is 12.6. The lowest BCUT2D eigenvalue weighted by atomic mass is 9.98. The summed E-state index contributed by atoms with van der Waals surface area (Å²) < 4.78 is 82.4. The molecule has 0 aliphatic rings. The van der Waals surface area contributed by atoms with Crippen LogP contribution in [0.4, 0.5) is 4.79 Å². The lowest BCUT2D eigenvalue weighted by molar-refractivity contribution is 0.0577. The zero-order valence-corrected chi connectivity index (χ0v) is 41.2. The van der Waals surface area contributed by atoms with Crippen LogP contribution in [0.3, 0.4) is 0 Å². The number of aromatic nitrogens is 5. The number of carboxylic acid groups (broad SMARTS) is 1. The quantitative estimate of drug-likeness (QED) is 0.0688. The fourth-order valence-electron chi connectivity index (χ4n) is 7.50. The van der Waals surface area contributed by atoms with Gasteiger partial charge in [-0.3, -0.25) is 0 Å². The number of sulfonamides is 2. The minimum Gasteiger partial charge on any atom is -0.497 e. The van der Waals surface area contributed by atoms with E-state index < -0.39 is 60.7 Å². The molecule has 19 nitrogen and oxygen atoms in total. The number of benzene rings is 5. The third kappa shape index (κ3) is 11.5. The summed E-state index contributed by atoms with van der Waals surface area (Å²) in [4.78, 5) is 17.8. The first-order chi connectivity index (χ1) is 32.8. The maximum Gasteiger partial charge on any atom is 0.407 e. The van der Waals surface area contributed by atoms with Crippen LogP contribution in [0, 0.1) is 0 Å². The van der Waals surface area contributed by atoms with E-state index >= 15 is 8.42 Å². The van der Waals surface area contributed by atoms with Gasteiger partial charge in [0, 0.05) is 37.3 Å². The highest BCUT2D eigenvalue weighted by atomic mass is 32.2. The predicted octanol–water partition coefficient (Wildman–Crippen LogP) is 5.96. The standard InChI is InChI=1S/C47H53N9O10S3/c1-47(2,3)55(46(58)59)29-33(57)25-49-68(60,61)40-23-22-37(38-8-7-9-39-43(38)50-41(24-48)67-39)42(45-51-53-56(52-45)28-32-14-20-36(66-6)21-15-32)44(40)69(62,63)54(26-30-10-16-34(64-4)17-11-30)27-31-12-18-35(65-5)19-13-31/h7-23,33,49,57H,24-29,48H2,1-6H3,(H,58,59)/t33-/m1/s1. The monoisotopic (exact) mass is 999 g/mol. The van der Waals surface area contributed by atoms with Crippen LogP contribution in [-0.2, 0) is 46.2 Å². The number of aliphatic hydroxyl groups is 1. The number of tetrazole rings is 1. The summed E-state index contributed by atoms with van der Waals surface area (Å²) >= 11 is 1.36. The Morgan fingerprint density at radius 1 is 0.812 bits per heavy atom. The number of hydrogen-bond acceptors (Lipinski definition) is 15. The van der Waals surface area contributed by atoms with Crippen LogP contribution in [0.25, 0.3) is 32.7 Å². The number of β-amino-alcohol motifs (C(OH)–C–C–N with tert-alkyl or cyclic N) is 1. The fraction of sp³-hybridized carbons (Fsp3) is 0.298.